The Balaban J connectivity index is 2.08. The average Bonchev–Trinajstić information content (AvgIpc) is 2.53. The van der Waals surface area contributed by atoms with Crippen LogP contribution in [-0.2, 0) is 16.4 Å². The summed E-state index contributed by atoms with van der Waals surface area (Å²) >= 11 is 0. The van der Waals surface area contributed by atoms with Crippen molar-refractivity contribution in [2.75, 3.05) is 18.0 Å². The van der Waals surface area contributed by atoms with E-state index in [1.807, 2.05) is 31.2 Å². The van der Waals surface area contributed by atoms with Gasteiger partial charge in [-0.2, -0.15) is 0 Å². The standard InChI is InChI=1S/C18H21NO3S/c1-13-10-15-6-4-5-7-17(15)19(12-13)23(20,21)16-8-9-18(22-3)14(2)11-16/h4-9,11,13H,10,12H2,1-3H3. The van der Waals surface area contributed by atoms with E-state index < -0.39 is 10.0 Å². The molecule has 2 aromatic carbocycles. The number of benzene rings is 2. The van der Waals surface area contributed by atoms with Gasteiger partial charge in [-0.25, -0.2) is 8.42 Å². The molecule has 0 spiro atoms. The second-order valence-electron chi connectivity index (χ2n) is 6.11. The fourth-order valence-corrected chi connectivity index (χ4v) is 4.82. The summed E-state index contributed by atoms with van der Waals surface area (Å²) in [4.78, 5) is 0.305. The third-order valence-corrected chi connectivity index (χ3v) is 6.04. The highest BCUT2D eigenvalue weighted by Crippen LogP contribution is 2.34. The Morgan fingerprint density at radius 3 is 2.61 bits per heavy atom. The van der Waals surface area contributed by atoms with Crippen LogP contribution < -0.4 is 9.04 Å². The van der Waals surface area contributed by atoms with E-state index in [1.54, 1.807) is 25.3 Å². The van der Waals surface area contributed by atoms with Gasteiger partial charge in [-0.15, -0.1) is 0 Å². The van der Waals surface area contributed by atoms with Gasteiger partial charge in [0.1, 0.15) is 5.75 Å². The van der Waals surface area contributed by atoms with Crippen molar-refractivity contribution in [2.24, 2.45) is 5.92 Å². The monoisotopic (exact) mass is 331 g/mol. The van der Waals surface area contributed by atoms with E-state index in [4.69, 9.17) is 4.74 Å². The van der Waals surface area contributed by atoms with Crippen molar-refractivity contribution in [2.45, 2.75) is 25.2 Å². The van der Waals surface area contributed by atoms with Gasteiger partial charge in [0.05, 0.1) is 17.7 Å². The molecule has 2 aromatic rings. The van der Waals surface area contributed by atoms with Crippen molar-refractivity contribution in [3.05, 3.63) is 53.6 Å². The van der Waals surface area contributed by atoms with Gasteiger partial charge in [-0.3, -0.25) is 4.31 Å². The molecule has 4 nitrogen and oxygen atoms in total. The zero-order valence-corrected chi connectivity index (χ0v) is 14.4. The number of rotatable bonds is 3. The maximum atomic E-state index is 13.1. The molecule has 0 saturated carbocycles. The molecule has 1 atom stereocenters. The topological polar surface area (TPSA) is 46.6 Å². The van der Waals surface area contributed by atoms with Crippen LogP contribution in [0, 0.1) is 12.8 Å². The maximum Gasteiger partial charge on any atom is 0.264 e. The normalized spacial score (nSPS) is 17.7. The van der Waals surface area contributed by atoms with Gasteiger partial charge in [-0.1, -0.05) is 25.1 Å². The number of aryl methyl sites for hydroxylation is 1. The molecule has 0 aromatic heterocycles. The first-order chi connectivity index (χ1) is 10.9. The first-order valence-corrected chi connectivity index (χ1v) is 9.13. The van der Waals surface area contributed by atoms with Gasteiger partial charge < -0.3 is 4.74 Å². The van der Waals surface area contributed by atoms with Crippen LogP contribution in [0.25, 0.3) is 0 Å². The molecule has 23 heavy (non-hydrogen) atoms. The molecule has 5 heteroatoms. The van der Waals surface area contributed by atoms with E-state index in [2.05, 4.69) is 6.92 Å². The summed E-state index contributed by atoms with van der Waals surface area (Å²) in [6, 6.07) is 12.7. The van der Waals surface area contributed by atoms with Crippen molar-refractivity contribution < 1.29 is 13.2 Å². The number of methoxy groups -OCH3 is 1. The smallest absolute Gasteiger partial charge is 0.264 e. The summed E-state index contributed by atoms with van der Waals surface area (Å²) in [6.45, 7) is 4.44. The van der Waals surface area contributed by atoms with Gasteiger partial charge in [0.2, 0.25) is 0 Å². The molecule has 122 valence electrons. The molecule has 1 aliphatic rings. The summed E-state index contributed by atoms with van der Waals surface area (Å²) in [6.07, 6.45) is 0.907. The summed E-state index contributed by atoms with van der Waals surface area (Å²) in [5.74, 6) is 0.982. The minimum atomic E-state index is -3.58. The molecular formula is C18H21NO3S. The molecule has 1 unspecified atom stereocenters. The third kappa shape index (κ3) is 2.81. The van der Waals surface area contributed by atoms with Crippen LogP contribution in [0.5, 0.6) is 5.75 Å². The zero-order valence-electron chi connectivity index (χ0n) is 13.6. The molecule has 1 heterocycles. The lowest BCUT2D eigenvalue weighted by molar-refractivity contribution is 0.411. The molecule has 3 rings (SSSR count). The molecule has 0 amide bonds. The lowest BCUT2D eigenvalue weighted by atomic mass is 9.96. The molecule has 0 aliphatic carbocycles. The number of ether oxygens (including phenoxy) is 1. The van der Waals surface area contributed by atoms with E-state index in [-0.39, 0.29) is 0 Å². The van der Waals surface area contributed by atoms with E-state index in [9.17, 15) is 8.42 Å². The van der Waals surface area contributed by atoms with Crippen molar-refractivity contribution in [3.63, 3.8) is 0 Å². The maximum absolute atomic E-state index is 13.1. The average molecular weight is 331 g/mol. The molecule has 0 fully saturated rings. The van der Waals surface area contributed by atoms with Gasteiger partial charge in [0.15, 0.2) is 0 Å². The van der Waals surface area contributed by atoms with Crippen molar-refractivity contribution in [1.29, 1.82) is 0 Å². The van der Waals surface area contributed by atoms with Crippen LogP contribution in [-0.4, -0.2) is 22.1 Å². The lowest BCUT2D eigenvalue weighted by Crippen LogP contribution is -2.39. The molecule has 1 aliphatic heterocycles. The summed E-state index contributed by atoms with van der Waals surface area (Å²) in [5, 5.41) is 0. The Kier molecular flexibility index (Phi) is 4.06. The SMILES string of the molecule is COc1ccc(S(=O)(=O)N2CC(C)Cc3ccccc32)cc1C. The van der Waals surface area contributed by atoms with Crippen LogP contribution in [0.1, 0.15) is 18.1 Å². The predicted molar refractivity (Wildman–Crippen MR) is 91.6 cm³/mol. The summed E-state index contributed by atoms with van der Waals surface area (Å²) in [5.41, 5.74) is 2.69. The zero-order chi connectivity index (χ0) is 16.6. The van der Waals surface area contributed by atoms with Crippen LogP contribution in [0.2, 0.25) is 0 Å². The van der Waals surface area contributed by atoms with Crippen molar-refractivity contribution in [1.82, 2.24) is 0 Å². The number of hydrogen-bond acceptors (Lipinski definition) is 3. The van der Waals surface area contributed by atoms with E-state index in [1.165, 1.54) is 4.31 Å². The molecule has 0 bridgehead atoms. The number of para-hydroxylation sites is 1. The number of anilines is 1. The van der Waals surface area contributed by atoms with E-state index in [0.29, 0.717) is 23.1 Å². The molecule has 0 radical (unpaired) electrons. The van der Waals surface area contributed by atoms with E-state index >= 15 is 0 Å². The van der Waals surface area contributed by atoms with Gasteiger partial charge in [-0.05, 0) is 54.7 Å². The largest absolute Gasteiger partial charge is 0.496 e. The molecular weight excluding hydrogens is 310 g/mol. The Bertz CT molecular complexity index is 830. The van der Waals surface area contributed by atoms with Crippen LogP contribution in [0.3, 0.4) is 0 Å². The highest BCUT2D eigenvalue weighted by atomic mass is 32.2. The highest BCUT2D eigenvalue weighted by molar-refractivity contribution is 7.92. The fourth-order valence-electron chi connectivity index (χ4n) is 3.11. The third-order valence-electron chi connectivity index (χ3n) is 4.26. The van der Waals surface area contributed by atoms with Crippen LogP contribution >= 0.6 is 0 Å². The predicted octanol–water partition coefficient (Wildman–Crippen LogP) is 3.39. The summed E-state index contributed by atoms with van der Waals surface area (Å²) in [7, 11) is -2.00. The number of sulfonamides is 1. The molecule has 0 saturated heterocycles. The van der Waals surface area contributed by atoms with Gasteiger partial charge >= 0.3 is 0 Å². The first kappa shape index (κ1) is 15.9. The Morgan fingerprint density at radius 2 is 1.91 bits per heavy atom. The van der Waals surface area contributed by atoms with Gasteiger partial charge in [0.25, 0.3) is 10.0 Å². The van der Waals surface area contributed by atoms with Crippen LogP contribution in [0.15, 0.2) is 47.4 Å². The minimum absolute atomic E-state index is 0.291. The summed E-state index contributed by atoms with van der Waals surface area (Å²) < 4.78 is 33.0. The minimum Gasteiger partial charge on any atom is -0.496 e. The van der Waals surface area contributed by atoms with Crippen molar-refractivity contribution >= 4 is 15.7 Å². The first-order valence-electron chi connectivity index (χ1n) is 7.69. The molecule has 0 N–H and O–H groups in total. The Morgan fingerprint density at radius 1 is 1.17 bits per heavy atom. The van der Waals surface area contributed by atoms with Crippen LogP contribution in [0.4, 0.5) is 5.69 Å². The Labute approximate surface area is 137 Å². The number of hydrogen-bond donors (Lipinski definition) is 0. The quantitative estimate of drug-likeness (QED) is 0.866. The Hall–Kier alpha value is -2.01. The lowest BCUT2D eigenvalue weighted by Gasteiger charge is -2.34. The van der Waals surface area contributed by atoms with E-state index in [0.717, 1.165) is 23.2 Å². The number of fused-ring (bicyclic) bond motifs is 1. The second-order valence-corrected chi connectivity index (χ2v) is 7.97. The fraction of sp³-hybridized carbons (Fsp3) is 0.333. The highest BCUT2D eigenvalue weighted by Gasteiger charge is 2.31. The van der Waals surface area contributed by atoms with Crippen molar-refractivity contribution in [3.8, 4) is 5.75 Å². The number of nitrogens with zero attached hydrogens (tertiary/aromatic N) is 1. The second kappa shape index (κ2) is 5.89. The van der Waals surface area contributed by atoms with Gasteiger partial charge in [0, 0.05) is 6.54 Å².